The van der Waals surface area contributed by atoms with Gasteiger partial charge in [0, 0.05) is 17.1 Å². The number of benzene rings is 2. The van der Waals surface area contributed by atoms with Crippen molar-refractivity contribution in [2.24, 2.45) is 5.92 Å². The molecule has 0 aromatic heterocycles. The third-order valence-electron chi connectivity index (χ3n) is 3.78. The van der Waals surface area contributed by atoms with Crippen molar-refractivity contribution in [1.29, 1.82) is 0 Å². The van der Waals surface area contributed by atoms with E-state index in [0.717, 1.165) is 5.56 Å². The summed E-state index contributed by atoms with van der Waals surface area (Å²) in [6.45, 7) is 1.82. The van der Waals surface area contributed by atoms with Crippen LogP contribution in [-0.2, 0) is 9.59 Å². The van der Waals surface area contributed by atoms with E-state index in [2.05, 4.69) is 5.32 Å². The summed E-state index contributed by atoms with van der Waals surface area (Å²) >= 11 is 5.79. The van der Waals surface area contributed by atoms with Crippen molar-refractivity contribution >= 4 is 29.2 Å². The Balaban J connectivity index is 2.05. The second kappa shape index (κ2) is 7.79. The lowest BCUT2D eigenvalue weighted by Crippen LogP contribution is -2.26. The summed E-state index contributed by atoms with van der Waals surface area (Å²) in [4.78, 5) is 23.7. The van der Waals surface area contributed by atoms with Crippen LogP contribution in [0.5, 0.6) is 0 Å². The van der Waals surface area contributed by atoms with Crippen molar-refractivity contribution in [3.8, 4) is 0 Å². The number of carboxylic acids is 1. The van der Waals surface area contributed by atoms with E-state index in [9.17, 15) is 14.7 Å². The lowest BCUT2D eigenvalue weighted by Gasteiger charge is -2.20. The first-order valence-corrected chi connectivity index (χ1v) is 7.68. The van der Waals surface area contributed by atoms with Crippen LogP contribution in [0.4, 0.5) is 5.69 Å². The van der Waals surface area contributed by atoms with Gasteiger partial charge in [0.2, 0.25) is 5.91 Å². The number of carbonyl (C=O) groups excluding carboxylic acids is 1. The SMILES string of the molecule is C[C@@H](c1ccccc1)[C@@H](CC(=O)Nc1ccc(Cl)cc1)C(=O)O. The predicted octanol–water partition coefficient (Wildman–Crippen LogP) is 4.17. The van der Waals surface area contributed by atoms with E-state index in [0.29, 0.717) is 10.7 Å². The van der Waals surface area contributed by atoms with Crippen LogP contribution >= 0.6 is 11.6 Å². The smallest absolute Gasteiger partial charge is 0.307 e. The van der Waals surface area contributed by atoms with Gasteiger partial charge >= 0.3 is 5.97 Å². The molecule has 23 heavy (non-hydrogen) atoms. The second-order valence-corrected chi connectivity index (χ2v) is 5.84. The van der Waals surface area contributed by atoms with Crippen molar-refractivity contribution in [2.75, 3.05) is 5.32 Å². The highest BCUT2D eigenvalue weighted by Crippen LogP contribution is 2.27. The summed E-state index contributed by atoms with van der Waals surface area (Å²) < 4.78 is 0. The highest BCUT2D eigenvalue weighted by molar-refractivity contribution is 6.30. The lowest BCUT2D eigenvalue weighted by molar-refractivity contribution is -0.144. The molecule has 0 aliphatic rings. The maximum absolute atomic E-state index is 12.1. The highest BCUT2D eigenvalue weighted by atomic mass is 35.5. The summed E-state index contributed by atoms with van der Waals surface area (Å²) in [5.74, 6) is -2.36. The van der Waals surface area contributed by atoms with E-state index >= 15 is 0 Å². The van der Waals surface area contributed by atoms with Crippen molar-refractivity contribution in [2.45, 2.75) is 19.3 Å². The molecule has 5 heteroatoms. The number of halogens is 1. The Morgan fingerprint density at radius 3 is 2.26 bits per heavy atom. The monoisotopic (exact) mass is 331 g/mol. The second-order valence-electron chi connectivity index (χ2n) is 5.40. The first-order chi connectivity index (χ1) is 11.0. The molecule has 0 bridgehead atoms. The molecule has 120 valence electrons. The Kier molecular flexibility index (Phi) is 5.77. The summed E-state index contributed by atoms with van der Waals surface area (Å²) in [5.41, 5.74) is 1.50. The molecular weight excluding hydrogens is 314 g/mol. The minimum atomic E-state index is -0.979. The zero-order valence-corrected chi connectivity index (χ0v) is 13.5. The molecule has 0 fully saturated rings. The standard InChI is InChI=1S/C18H18ClNO3/c1-12(13-5-3-2-4-6-13)16(18(22)23)11-17(21)20-15-9-7-14(19)8-10-15/h2-10,12,16H,11H2,1H3,(H,20,21)(H,22,23)/t12-,16+/m0/s1. The molecule has 0 unspecified atom stereocenters. The molecule has 1 amide bonds. The third-order valence-corrected chi connectivity index (χ3v) is 4.03. The van der Waals surface area contributed by atoms with Crippen LogP contribution in [0.1, 0.15) is 24.8 Å². The zero-order chi connectivity index (χ0) is 16.8. The van der Waals surface area contributed by atoms with Gasteiger partial charge in [-0.15, -0.1) is 0 Å². The van der Waals surface area contributed by atoms with Crippen LogP contribution in [0.15, 0.2) is 54.6 Å². The molecule has 0 saturated heterocycles. The minimum absolute atomic E-state index is 0.0893. The van der Waals surface area contributed by atoms with Gasteiger partial charge in [-0.1, -0.05) is 48.9 Å². The fourth-order valence-electron chi connectivity index (χ4n) is 2.41. The van der Waals surface area contributed by atoms with Gasteiger partial charge in [0.1, 0.15) is 0 Å². The van der Waals surface area contributed by atoms with Crippen LogP contribution in [0, 0.1) is 5.92 Å². The molecule has 0 spiro atoms. The number of carboxylic acid groups (broad SMARTS) is 1. The van der Waals surface area contributed by atoms with Gasteiger partial charge < -0.3 is 10.4 Å². The van der Waals surface area contributed by atoms with Crippen molar-refractivity contribution in [1.82, 2.24) is 0 Å². The topological polar surface area (TPSA) is 66.4 Å². The highest BCUT2D eigenvalue weighted by Gasteiger charge is 2.28. The molecule has 2 N–H and O–H groups in total. The first kappa shape index (κ1) is 17.0. The first-order valence-electron chi connectivity index (χ1n) is 7.30. The van der Waals surface area contributed by atoms with Gasteiger partial charge in [-0.05, 0) is 35.7 Å². The minimum Gasteiger partial charge on any atom is -0.481 e. The lowest BCUT2D eigenvalue weighted by atomic mass is 9.85. The average molecular weight is 332 g/mol. The maximum Gasteiger partial charge on any atom is 0.307 e. The van der Waals surface area contributed by atoms with Crippen LogP contribution in [0.25, 0.3) is 0 Å². The Labute approximate surface area is 140 Å². The number of aliphatic carboxylic acids is 1. The van der Waals surface area contributed by atoms with E-state index in [1.165, 1.54) is 0 Å². The van der Waals surface area contributed by atoms with Crippen molar-refractivity contribution in [3.05, 3.63) is 65.2 Å². The van der Waals surface area contributed by atoms with Gasteiger partial charge in [0.05, 0.1) is 5.92 Å². The van der Waals surface area contributed by atoms with Gasteiger partial charge in [-0.2, -0.15) is 0 Å². The Hall–Kier alpha value is -2.33. The van der Waals surface area contributed by atoms with Gasteiger partial charge in [0.15, 0.2) is 0 Å². The van der Waals surface area contributed by atoms with E-state index in [1.54, 1.807) is 24.3 Å². The number of anilines is 1. The van der Waals surface area contributed by atoms with Gasteiger partial charge in [-0.3, -0.25) is 9.59 Å². The maximum atomic E-state index is 12.1. The molecule has 2 atom stereocenters. The molecular formula is C18H18ClNO3. The fraction of sp³-hybridized carbons (Fsp3) is 0.222. The van der Waals surface area contributed by atoms with Crippen LogP contribution in [0.3, 0.4) is 0 Å². The predicted molar refractivity (Wildman–Crippen MR) is 90.7 cm³/mol. The van der Waals surface area contributed by atoms with E-state index in [4.69, 9.17) is 11.6 Å². The largest absolute Gasteiger partial charge is 0.481 e. The number of hydrogen-bond donors (Lipinski definition) is 2. The van der Waals surface area contributed by atoms with Crippen LogP contribution in [0.2, 0.25) is 5.02 Å². The van der Waals surface area contributed by atoms with Crippen molar-refractivity contribution < 1.29 is 14.7 Å². The molecule has 0 radical (unpaired) electrons. The Bertz CT molecular complexity index is 670. The summed E-state index contributed by atoms with van der Waals surface area (Å²) in [6.07, 6.45) is -0.0893. The normalized spacial score (nSPS) is 13.1. The Morgan fingerprint density at radius 1 is 1.09 bits per heavy atom. The van der Waals surface area contributed by atoms with Crippen LogP contribution in [-0.4, -0.2) is 17.0 Å². The quantitative estimate of drug-likeness (QED) is 0.834. The van der Waals surface area contributed by atoms with Gasteiger partial charge in [0.25, 0.3) is 0 Å². The molecule has 2 aromatic rings. The number of amides is 1. The number of hydrogen-bond acceptors (Lipinski definition) is 2. The van der Waals surface area contributed by atoms with E-state index in [-0.39, 0.29) is 18.2 Å². The molecule has 0 heterocycles. The van der Waals surface area contributed by atoms with Crippen molar-refractivity contribution in [3.63, 3.8) is 0 Å². The fourth-order valence-corrected chi connectivity index (χ4v) is 2.54. The Morgan fingerprint density at radius 2 is 1.70 bits per heavy atom. The summed E-state index contributed by atoms with van der Waals surface area (Å²) in [7, 11) is 0. The molecule has 2 rings (SSSR count). The van der Waals surface area contributed by atoms with Crippen LogP contribution < -0.4 is 5.32 Å². The van der Waals surface area contributed by atoms with Gasteiger partial charge in [-0.25, -0.2) is 0 Å². The number of nitrogens with one attached hydrogen (secondary N) is 1. The molecule has 4 nitrogen and oxygen atoms in total. The average Bonchev–Trinajstić information content (AvgIpc) is 2.55. The molecule has 0 aliphatic heterocycles. The van der Waals surface area contributed by atoms with E-state index in [1.807, 2.05) is 37.3 Å². The zero-order valence-electron chi connectivity index (χ0n) is 12.7. The number of rotatable bonds is 6. The molecule has 2 aromatic carbocycles. The van der Waals surface area contributed by atoms with E-state index < -0.39 is 11.9 Å². The molecule has 0 aliphatic carbocycles. The third kappa shape index (κ3) is 4.83. The molecule has 0 saturated carbocycles. The summed E-state index contributed by atoms with van der Waals surface area (Å²) in [6, 6.07) is 16.0. The number of carbonyl (C=O) groups is 2. The summed E-state index contributed by atoms with van der Waals surface area (Å²) in [5, 5.41) is 12.7.